The van der Waals surface area contributed by atoms with E-state index >= 15 is 0 Å². The maximum Gasteiger partial charge on any atom is 0.306 e. The van der Waals surface area contributed by atoms with Crippen LogP contribution < -0.4 is 5.32 Å². The van der Waals surface area contributed by atoms with E-state index in [0.29, 0.717) is 19.3 Å². The van der Waals surface area contributed by atoms with Crippen LogP contribution in [0.25, 0.3) is 0 Å². The number of unbranched alkanes of at least 4 members (excludes halogenated alkanes) is 43. The molecular formula is C71H133NO10. The third-order valence-electron chi connectivity index (χ3n) is 16.8. The van der Waals surface area contributed by atoms with Crippen molar-refractivity contribution in [1.29, 1.82) is 0 Å². The number of hydrogen-bond acceptors (Lipinski definition) is 10. The Balaban J connectivity index is 2.52. The molecule has 6 N–H and O–H groups in total. The topological polar surface area (TPSA) is 175 Å². The van der Waals surface area contributed by atoms with Gasteiger partial charge in [0.05, 0.1) is 25.4 Å². The standard InChI is InChI=1S/C71H133NO10/c1-4-7-10-13-16-19-22-25-26-27-28-29-30-31-32-33-34-35-36-37-38-41-44-47-50-53-56-59-66(76)82-69-68(78)67(77)65(60-73)81-71(69)80-61-62(63(74)57-54-51-48-45-42-39-23-20-17-14-11-8-5-2)72-70(79)64(75)58-55-52-49-46-43-40-24-21-18-15-12-9-6-3/h16,19,25-26,54,57,62-65,67-69,71,73-75,77-78H,4-15,17-18,20-24,27-53,55-56,58-61H2,1-3H3,(H,72,79)/b19-16-,26-25-,57-54+. The highest BCUT2D eigenvalue weighted by Crippen LogP contribution is 2.26. The van der Waals surface area contributed by atoms with Crippen LogP contribution in [-0.4, -0.2) is 99.6 Å². The summed E-state index contributed by atoms with van der Waals surface area (Å²) in [6.45, 7) is 5.81. The lowest BCUT2D eigenvalue weighted by molar-refractivity contribution is -0.305. The molecule has 1 fully saturated rings. The molecule has 482 valence electrons. The summed E-state index contributed by atoms with van der Waals surface area (Å²) in [5, 5.41) is 57.1. The third-order valence-corrected chi connectivity index (χ3v) is 16.8. The van der Waals surface area contributed by atoms with Crippen molar-refractivity contribution in [2.24, 2.45) is 0 Å². The van der Waals surface area contributed by atoms with Gasteiger partial charge in [-0.25, -0.2) is 0 Å². The zero-order valence-electron chi connectivity index (χ0n) is 53.6. The molecule has 8 unspecified atom stereocenters. The Bertz CT molecular complexity index is 1470. The fraction of sp³-hybridized carbons (Fsp3) is 0.887. The summed E-state index contributed by atoms with van der Waals surface area (Å²) in [6, 6.07) is -1.02. The SMILES string of the molecule is CCCCC/C=C\C/C=C\CCCCCCCCCCCCCCCCCCCC(=O)OC1C(OCC(NC(=O)C(O)CCCCCCCCCCCCCCC)C(O)/C=C/CCCCCCCCCCCCC)OC(CO)C(O)C1O. The second-order valence-electron chi connectivity index (χ2n) is 24.6. The van der Waals surface area contributed by atoms with Crippen molar-refractivity contribution in [3.05, 3.63) is 36.5 Å². The molecule has 11 nitrogen and oxygen atoms in total. The number of nitrogens with one attached hydrogen (secondary N) is 1. The van der Waals surface area contributed by atoms with Crippen LogP contribution in [0, 0.1) is 0 Å². The molecule has 1 aliphatic rings. The Kier molecular flexibility index (Phi) is 56.3. The highest BCUT2D eigenvalue weighted by atomic mass is 16.7. The molecule has 0 bridgehead atoms. The van der Waals surface area contributed by atoms with Gasteiger partial charge in [0.1, 0.15) is 24.4 Å². The Labute approximate surface area is 504 Å². The fourth-order valence-electron chi connectivity index (χ4n) is 11.2. The fourth-order valence-corrected chi connectivity index (χ4v) is 11.2. The number of hydrogen-bond donors (Lipinski definition) is 6. The van der Waals surface area contributed by atoms with Gasteiger partial charge in [0.25, 0.3) is 0 Å². The Morgan fingerprint density at radius 2 is 0.841 bits per heavy atom. The largest absolute Gasteiger partial charge is 0.454 e. The van der Waals surface area contributed by atoms with Crippen molar-refractivity contribution in [1.82, 2.24) is 5.32 Å². The number of carbonyl (C=O) groups is 2. The lowest BCUT2D eigenvalue weighted by atomic mass is 9.99. The first-order valence-corrected chi connectivity index (χ1v) is 35.3. The number of allylic oxidation sites excluding steroid dienone is 5. The third kappa shape index (κ3) is 46.1. The molecule has 1 aliphatic heterocycles. The summed E-state index contributed by atoms with van der Waals surface area (Å²) in [7, 11) is 0. The van der Waals surface area contributed by atoms with Crippen LogP contribution in [0.4, 0.5) is 0 Å². The molecule has 1 saturated heterocycles. The van der Waals surface area contributed by atoms with E-state index in [9.17, 15) is 35.1 Å². The minimum absolute atomic E-state index is 0.128. The minimum Gasteiger partial charge on any atom is -0.454 e. The van der Waals surface area contributed by atoms with E-state index in [1.807, 2.05) is 6.08 Å². The molecule has 0 aromatic carbocycles. The molecule has 0 aromatic heterocycles. The van der Waals surface area contributed by atoms with E-state index in [1.54, 1.807) is 6.08 Å². The van der Waals surface area contributed by atoms with Crippen molar-refractivity contribution >= 4 is 11.9 Å². The van der Waals surface area contributed by atoms with Crippen LogP contribution in [0.3, 0.4) is 0 Å². The van der Waals surface area contributed by atoms with E-state index in [4.69, 9.17) is 14.2 Å². The van der Waals surface area contributed by atoms with Crippen LogP contribution in [-0.2, 0) is 23.8 Å². The van der Waals surface area contributed by atoms with Gasteiger partial charge < -0.3 is 45.1 Å². The summed E-state index contributed by atoms with van der Waals surface area (Å²) in [4.78, 5) is 26.6. The van der Waals surface area contributed by atoms with E-state index in [2.05, 4.69) is 50.4 Å². The highest BCUT2D eigenvalue weighted by Gasteiger charge is 2.47. The van der Waals surface area contributed by atoms with Gasteiger partial charge in [-0.05, 0) is 57.8 Å². The average molecular weight is 1160 g/mol. The molecule has 0 radical (unpaired) electrons. The molecule has 0 aliphatic carbocycles. The lowest BCUT2D eigenvalue weighted by Crippen LogP contribution is -2.61. The van der Waals surface area contributed by atoms with E-state index in [1.165, 1.54) is 231 Å². The Morgan fingerprint density at radius 3 is 1.27 bits per heavy atom. The van der Waals surface area contributed by atoms with Crippen molar-refractivity contribution in [2.75, 3.05) is 13.2 Å². The van der Waals surface area contributed by atoms with Crippen molar-refractivity contribution < 1.29 is 49.3 Å². The van der Waals surface area contributed by atoms with Crippen LogP contribution in [0.2, 0.25) is 0 Å². The molecule has 0 saturated carbocycles. The second-order valence-corrected chi connectivity index (χ2v) is 24.6. The molecule has 1 rings (SSSR count). The predicted molar refractivity (Wildman–Crippen MR) is 343 cm³/mol. The van der Waals surface area contributed by atoms with E-state index in [-0.39, 0.29) is 13.0 Å². The van der Waals surface area contributed by atoms with Gasteiger partial charge in [-0.3, -0.25) is 9.59 Å². The van der Waals surface area contributed by atoms with Crippen LogP contribution in [0.1, 0.15) is 342 Å². The monoisotopic (exact) mass is 1160 g/mol. The predicted octanol–water partition coefficient (Wildman–Crippen LogP) is 17.8. The average Bonchev–Trinajstić information content (AvgIpc) is 3.57. The van der Waals surface area contributed by atoms with Crippen molar-refractivity contribution in [3.63, 3.8) is 0 Å². The number of ether oxygens (including phenoxy) is 3. The van der Waals surface area contributed by atoms with Crippen LogP contribution in [0.5, 0.6) is 0 Å². The lowest BCUT2D eigenvalue weighted by Gasteiger charge is -2.41. The van der Waals surface area contributed by atoms with E-state index in [0.717, 1.165) is 64.2 Å². The quantitative estimate of drug-likeness (QED) is 0.0195. The number of aliphatic hydroxyl groups is 5. The summed E-state index contributed by atoms with van der Waals surface area (Å²) >= 11 is 0. The van der Waals surface area contributed by atoms with Crippen LogP contribution in [0.15, 0.2) is 36.5 Å². The van der Waals surface area contributed by atoms with E-state index < -0.39 is 67.4 Å². The van der Waals surface area contributed by atoms with Gasteiger partial charge in [0.2, 0.25) is 5.91 Å². The number of carbonyl (C=O) groups excluding carboxylic acids is 2. The van der Waals surface area contributed by atoms with Crippen LogP contribution >= 0.6 is 0 Å². The smallest absolute Gasteiger partial charge is 0.306 e. The first kappa shape index (κ1) is 77.9. The van der Waals surface area contributed by atoms with Crippen molar-refractivity contribution in [2.45, 2.75) is 391 Å². The number of esters is 1. The molecule has 0 spiro atoms. The van der Waals surface area contributed by atoms with Gasteiger partial charge in [0, 0.05) is 6.42 Å². The maximum absolute atomic E-state index is 13.4. The van der Waals surface area contributed by atoms with Gasteiger partial charge >= 0.3 is 5.97 Å². The molecule has 1 amide bonds. The summed E-state index contributed by atoms with van der Waals surface area (Å²) in [5.41, 5.74) is 0. The zero-order chi connectivity index (χ0) is 59.6. The maximum atomic E-state index is 13.4. The van der Waals surface area contributed by atoms with Gasteiger partial charge in [0.15, 0.2) is 12.4 Å². The summed E-state index contributed by atoms with van der Waals surface area (Å²) < 4.78 is 17.7. The first-order valence-electron chi connectivity index (χ1n) is 35.3. The number of rotatable bonds is 61. The number of aliphatic hydroxyl groups excluding tert-OH is 5. The minimum atomic E-state index is -1.61. The normalized spacial score (nSPS) is 18.8. The number of amides is 1. The van der Waals surface area contributed by atoms with Gasteiger partial charge in [-0.1, -0.05) is 314 Å². The summed E-state index contributed by atoms with van der Waals surface area (Å²) in [5.74, 6) is -1.18. The summed E-state index contributed by atoms with van der Waals surface area (Å²) in [6.07, 6.45) is 61.9. The highest BCUT2D eigenvalue weighted by molar-refractivity contribution is 5.80. The molecular weight excluding hydrogens is 1030 g/mol. The second kappa shape index (κ2) is 59.2. The van der Waals surface area contributed by atoms with Gasteiger partial charge in [-0.2, -0.15) is 0 Å². The molecule has 1 heterocycles. The molecule has 0 aromatic rings. The molecule has 82 heavy (non-hydrogen) atoms. The first-order chi connectivity index (χ1) is 40.2. The Hall–Kier alpha value is -2.12. The Morgan fingerprint density at radius 1 is 0.476 bits per heavy atom. The van der Waals surface area contributed by atoms with Crippen molar-refractivity contribution in [3.8, 4) is 0 Å². The molecule has 11 heteroatoms. The molecule has 8 atom stereocenters. The zero-order valence-corrected chi connectivity index (χ0v) is 53.6. The van der Waals surface area contributed by atoms with Gasteiger partial charge in [-0.15, -0.1) is 0 Å².